The number of benzene rings is 1. The van der Waals surface area contributed by atoms with Crippen molar-refractivity contribution in [3.8, 4) is 16.9 Å². The minimum absolute atomic E-state index is 0.804. The first-order chi connectivity index (χ1) is 12.3. The van der Waals surface area contributed by atoms with Gasteiger partial charge in [0.25, 0.3) is 0 Å². The van der Waals surface area contributed by atoms with Gasteiger partial charge in [0, 0.05) is 43.5 Å². The maximum absolute atomic E-state index is 5.50. The molecule has 0 spiro atoms. The van der Waals surface area contributed by atoms with E-state index in [1.807, 2.05) is 25.3 Å². The molecule has 0 amide bonds. The fourth-order valence-corrected chi connectivity index (χ4v) is 3.41. The summed E-state index contributed by atoms with van der Waals surface area (Å²) in [6.07, 6.45) is 1.90. The number of hydrogen-bond donors (Lipinski definition) is 1. The number of para-hydroxylation sites is 1. The Labute approximate surface area is 147 Å². The van der Waals surface area contributed by atoms with Crippen LogP contribution in [0.3, 0.4) is 0 Å². The largest absolute Gasteiger partial charge is 0.494 e. The Kier molecular flexibility index (Phi) is 4.24. The fourth-order valence-electron chi connectivity index (χ4n) is 3.41. The number of piperazine rings is 1. The van der Waals surface area contributed by atoms with Gasteiger partial charge in [-0.3, -0.25) is 0 Å². The van der Waals surface area contributed by atoms with E-state index in [4.69, 9.17) is 4.74 Å². The lowest BCUT2D eigenvalue weighted by Gasteiger charge is -2.28. The number of rotatable bonds is 3. The van der Waals surface area contributed by atoms with Crippen LogP contribution < -0.4 is 15.0 Å². The number of anilines is 1. The molecule has 1 saturated heterocycles. The molecule has 0 saturated carbocycles. The summed E-state index contributed by atoms with van der Waals surface area (Å²) in [4.78, 5) is 11.6. The highest BCUT2D eigenvalue weighted by Gasteiger charge is 2.14. The van der Waals surface area contributed by atoms with Crippen molar-refractivity contribution in [1.29, 1.82) is 0 Å². The second-order valence-corrected chi connectivity index (χ2v) is 6.31. The number of aromatic nitrogens is 2. The van der Waals surface area contributed by atoms with Gasteiger partial charge >= 0.3 is 0 Å². The molecule has 1 aliphatic heterocycles. The first-order valence-corrected chi connectivity index (χ1v) is 8.63. The second-order valence-electron chi connectivity index (χ2n) is 6.31. The van der Waals surface area contributed by atoms with Crippen molar-refractivity contribution in [3.05, 3.63) is 48.3 Å². The van der Waals surface area contributed by atoms with E-state index in [-0.39, 0.29) is 0 Å². The Balaban J connectivity index is 1.84. The smallest absolute Gasteiger partial charge is 0.145 e. The van der Waals surface area contributed by atoms with E-state index in [9.17, 15) is 0 Å². The summed E-state index contributed by atoms with van der Waals surface area (Å²) >= 11 is 0. The van der Waals surface area contributed by atoms with Gasteiger partial charge in [-0.1, -0.05) is 12.1 Å². The molecular weight excluding hydrogens is 312 g/mol. The minimum Gasteiger partial charge on any atom is -0.494 e. The summed E-state index contributed by atoms with van der Waals surface area (Å²) in [6, 6.07) is 12.5. The monoisotopic (exact) mass is 334 g/mol. The van der Waals surface area contributed by atoms with Gasteiger partial charge in [-0.25, -0.2) is 9.97 Å². The van der Waals surface area contributed by atoms with Crippen LogP contribution in [0.5, 0.6) is 5.75 Å². The van der Waals surface area contributed by atoms with Gasteiger partial charge in [-0.15, -0.1) is 0 Å². The fraction of sp³-hybridized carbons (Fsp3) is 0.300. The molecule has 0 atom stereocenters. The Morgan fingerprint density at radius 1 is 1.12 bits per heavy atom. The Hall–Kier alpha value is -2.66. The summed E-state index contributed by atoms with van der Waals surface area (Å²) in [6.45, 7) is 6.00. The number of nitrogens with zero attached hydrogens (tertiary/aromatic N) is 3. The molecule has 0 radical (unpaired) electrons. The van der Waals surface area contributed by atoms with Crippen molar-refractivity contribution in [1.82, 2.24) is 15.3 Å². The molecule has 0 aliphatic carbocycles. The van der Waals surface area contributed by atoms with Crippen LogP contribution in [0.15, 0.2) is 42.6 Å². The van der Waals surface area contributed by atoms with Crippen molar-refractivity contribution in [2.75, 3.05) is 38.2 Å². The van der Waals surface area contributed by atoms with E-state index in [0.717, 1.165) is 59.9 Å². The number of aryl methyl sites for hydroxylation is 1. The lowest BCUT2D eigenvalue weighted by atomic mass is 10.0. The number of ether oxygens (including phenoxy) is 1. The quantitative estimate of drug-likeness (QED) is 0.798. The molecule has 5 nitrogen and oxygen atoms in total. The van der Waals surface area contributed by atoms with E-state index < -0.39 is 0 Å². The number of hydrogen-bond acceptors (Lipinski definition) is 5. The van der Waals surface area contributed by atoms with Crippen LogP contribution in [-0.2, 0) is 0 Å². The number of fused-ring (bicyclic) bond motifs is 1. The summed E-state index contributed by atoms with van der Waals surface area (Å²) in [5.41, 5.74) is 4.21. The van der Waals surface area contributed by atoms with Gasteiger partial charge in [0.15, 0.2) is 0 Å². The number of methoxy groups -OCH3 is 1. The third-order valence-corrected chi connectivity index (χ3v) is 4.65. The maximum atomic E-state index is 5.50. The van der Waals surface area contributed by atoms with Gasteiger partial charge in [0.05, 0.1) is 7.11 Å². The highest BCUT2D eigenvalue weighted by Crippen LogP contribution is 2.34. The predicted molar refractivity (Wildman–Crippen MR) is 101 cm³/mol. The van der Waals surface area contributed by atoms with Crippen molar-refractivity contribution in [3.63, 3.8) is 0 Å². The molecule has 1 N–H and O–H groups in total. The molecular formula is C20H22N4O. The van der Waals surface area contributed by atoms with Gasteiger partial charge in [-0.05, 0) is 42.3 Å². The maximum Gasteiger partial charge on any atom is 0.145 e. The predicted octanol–water partition coefficient (Wildman–Crippen LogP) is 3.02. The molecule has 1 fully saturated rings. The van der Waals surface area contributed by atoms with Crippen LogP contribution in [0.1, 0.15) is 5.69 Å². The van der Waals surface area contributed by atoms with Crippen LogP contribution in [-0.4, -0.2) is 43.3 Å². The zero-order valence-corrected chi connectivity index (χ0v) is 14.6. The first-order valence-electron chi connectivity index (χ1n) is 8.63. The third-order valence-electron chi connectivity index (χ3n) is 4.65. The molecule has 4 rings (SSSR count). The van der Waals surface area contributed by atoms with E-state index in [1.54, 1.807) is 7.11 Å². The summed E-state index contributed by atoms with van der Waals surface area (Å²) in [5.74, 6) is 1.84. The highest BCUT2D eigenvalue weighted by molar-refractivity contribution is 5.97. The van der Waals surface area contributed by atoms with Gasteiger partial charge in [0.1, 0.15) is 17.1 Å². The van der Waals surface area contributed by atoms with Crippen molar-refractivity contribution >= 4 is 16.7 Å². The second kappa shape index (κ2) is 6.69. The topological polar surface area (TPSA) is 50.3 Å². The van der Waals surface area contributed by atoms with E-state index in [1.165, 1.54) is 5.56 Å². The molecule has 2 aromatic heterocycles. The number of pyridine rings is 2. The van der Waals surface area contributed by atoms with Crippen molar-refractivity contribution in [2.24, 2.45) is 0 Å². The molecule has 0 unspecified atom stereocenters. The third kappa shape index (κ3) is 3.03. The number of nitrogens with one attached hydrogen (secondary N) is 1. The van der Waals surface area contributed by atoms with Gasteiger partial charge < -0.3 is 15.0 Å². The molecule has 128 valence electrons. The minimum atomic E-state index is 0.804. The molecule has 5 heteroatoms. The molecule has 1 aromatic carbocycles. The average molecular weight is 334 g/mol. The van der Waals surface area contributed by atoms with Crippen LogP contribution in [0.4, 0.5) is 5.82 Å². The first kappa shape index (κ1) is 15.8. The molecule has 0 bridgehead atoms. The van der Waals surface area contributed by atoms with Crippen molar-refractivity contribution in [2.45, 2.75) is 6.92 Å². The van der Waals surface area contributed by atoms with Gasteiger partial charge in [0.2, 0.25) is 0 Å². The molecule has 1 aliphatic rings. The highest BCUT2D eigenvalue weighted by atomic mass is 16.5. The molecule has 3 heterocycles. The average Bonchev–Trinajstić information content (AvgIpc) is 2.67. The van der Waals surface area contributed by atoms with Crippen LogP contribution in [0, 0.1) is 6.92 Å². The zero-order valence-electron chi connectivity index (χ0n) is 14.6. The summed E-state index contributed by atoms with van der Waals surface area (Å²) in [7, 11) is 1.69. The SMILES string of the molecule is COc1cccc2c(-c3ccnc(N4CCNCC4)c3)cc(C)nc12. The van der Waals surface area contributed by atoms with Crippen molar-refractivity contribution < 1.29 is 4.74 Å². The lowest BCUT2D eigenvalue weighted by molar-refractivity contribution is 0.419. The summed E-state index contributed by atoms with van der Waals surface area (Å²) < 4.78 is 5.50. The van der Waals surface area contributed by atoms with Crippen LogP contribution in [0.25, 0.3) is 22.0 Å². The normalized spacial score (nSPS) is 14.7. The summed E-state index contributed by atoms with van der Waals surface area (Å²) in [5, 5.41) is 4.48. The Bertz CT molecular complexity index is 903. The Morgan fingerprint density at radius 2 is 1.96 bits per heavy atom. The van der Waals surface area contributed by atoms with E-state index in [0.29, 0.717) is 0 Å². The van der Waals surface area contributed by atoms with Crippen LogP contribution in [0.2, 0.25) is 0 Å². The van der Waals surface area contributed by atoms with E-state index >= 15 is 0 Å². The van der Waals surface area contributed by atoms with Crippen LogP contribution >= 0.6 is 0 Å². The van der Waals surface area contributed by atoms with Gasteiger partial charge in [-0.2, -0.15) is 0 Å². The molecule has 3 aromatic rings. The van der Waals surface area contributed by atoms with E-state index in [2.05, 4.69) is 44.5 Å². The zero-order chi connectivity index (χ0) is 17.2. The Morgan fingerprint density at radius 3 is 2.76 bits per heavy atom. The lowest BCUT2D eigenvalue weighted by Crippen LogP contribution is -2.43. The standard InChI is InChI=1S/C20H22N4O/c1-14-12-17(16-4-3-5-18(25-2)20(16)23-14)15-6-7-22-19(13-15)24-10-8-21-9-11-24/h3-7,12-13,21H,8-11H2,1-2H3. The molecule has 25 heavy (non-hydrogen) atoms.